The van der Waals surface area contributed by atoms with Gasteiger partial charge in [-0.05, 0) is 26.0 Å². The van der Waals surface area contributed by atoms with Crippen LogP contribution in [-0.4, -0.2) is 29.7 Å². The van der Waals surface area contributed by atoms with E-state index in [9.17, 15) is 4.79 Å². The molecule has 0 bridgehead atoms. The lowest BCUT2D eigenvalue weighted by molar-refractivity contribution is -0.126. The molecule has 1 aliphatic heterocycles. The zero-order chi connectivity index (χ0) is 13.1. The van der Waals surface area contributed by atoms with Gasteiger partial charge in [0.15, 0.2) is 6.29 Å². The van der Waals surface area contributed by atoms with E-state index in [0.717, 1.165) is 4.90 Å². The van der Waals surface area contributed by atoms with E-state index in [-0.39, 0.29) is 12.2 Å². The highest BCUT2D eigenvalue weighted by molar-refractivity contribution is 8.00. The number of amides is 1. The lowest BCUT2D eigenvalue weighted by Gasteiger charge is -2.19. The molecular weight excluding hydrogens is 250 g/mol. The smallest absolute Gasteiger partial charge is 0.236 e. The van der Waals surface area contributed by atoms with Gasteiger partial charge in [0.05, 0.1) is 12.2 Å². The van der Waals surface area contributed by atoms with Gasteiger partial charge in [-0.3, -0.25) is 4.79 Å². The van der Waals surface area contributed by atoms with Crippen LogP contribution in [0.5, 0.6) is 0 Å². The first-order valence-electron chi connectivity index (χ1n) is 5.90. The summed E-state index contributed by atoms with van der Waals surface area (Å²) < 4.78 is 11.3. The van der Waals surface area contributed by atoms with Crippen molar-refractivity contribution in [3.63, 3.8) is 0 Å². The Morgan fingerprint density at radius 2 is 1.78 bits per heavy atom. The van der Waals surface area contributed by atoms with Crippen LogP contribution in [0.25, 0.3) is 0 Å². The summed E-state index contributed by atoms with van der Waals surface area (Å²) >= 11 is 1.37. The van der Waals surface area contributed by atoms with E-state index in [0.29, 0.717) is 0 Å². The zero-order valence-corrected chi connectivity index (χ0v) is 11.2. The van der Waals surface area contributed by atoms with Gasteiger partial charge in [0.25, 0.3) is 0 Å². The third-order valence-corrected chi connectivity index (χ3v) is 4.15. The molecule has 1 fully saturated rings. The van der Waals surface area contributed by atoms with Gasteiger partial charge >= 0.3 is 0 Å². The third-order valence-electron chi connectivity index (χ3n) is 2.89. The van der Waals surface area contributed by atoms with Crippen LogP contribution in [0.2, 0.25) is 0 Å². The molecule has 5 heteroatoms. The van der Waals surface area contributed by atoms with E-state index in [2.05, 4.69) is 0 Å². The monoisotopic (exact) mass is 267 g/mol. The Bertz CT molecular complexity index is 402. The van der Waals surface area contributed by atoms with Gasteiger partial charge in [-0.15, -0.1) is 11.8 Å². The second-order valence-corrected chi connectivity index (χ2v) is 5.52. The second-order valence-electron chi connectivity index (χ2n) is 4.30. The molecule has 2 N–H and O–H groups in total. The summed E-state index contributed by atoms with van der Waals surface area (Å²) in [6.45, 7) is 3.85. The number of carbonyl (C=O) groups is 1. The summed E-state index contributed by atoms with van der Waals surface area (Å²) in [5.41, 5.74) is 5.44. The van der Waals surface area contributed by atoms with Gasteiger partial charge in [-0.25, -0.2) is 0 Å². The maximum Gasteiger partial charge on any atom is 0.236 e. The lowest BCUT2D eigenvalue weighted by Crippen LogP contribution is -2.37. The molecule has 1 aliphatic rings. The van der Waals surface area contributed by atoms with E-state index in [4.69, 9.17) is 15.2 Å². The van der Waals surface area contributed by atoms with Crippen LogP contribution in [0, 0.1) is 0 Å². The molecule has 0 aliphatic carbocycles. The molecular formula is C13H17NO3S. The minimum absolute atomic E-state index is 0.0202. The molecule has 0 spiro atoms. The summed E-state index contributed by atoms with van der Waals surface area (Å²) in [6.07, 6.45) is -0.612. The van der Waals surface area contributed by atoms with E-state index in [1.165, 1.54) is 11.8 Å². The quantitative estimate of drug-likeness (QED) is 0.845. The fourth-order valence-electron chi connectivity index (χ4n) is 1.71. The second kappa shape index (κ2) is 5.73. The van der Waals surface area contributed by atoms with Crippen molar-refractivity contribution in [2.24, 2.45) is 5.73 Å². The molecule has 1 amide bonds. The van der Waals surface area contributed by atoms with E-state index in [1.807, 2.05) is 44.2 Å². The molecule has 4 nitrogen and oxygen atoms in total. The normalized spacial score (nSPS) is 26.1. The molecule has 0 radical (unpaired) electrons. The first-order valence-corrected chi connectivity index (χ1v) is 6.78. The van der Waals surface area contributed by atoms with Crippen LogP contribution in [0.1, 0.15) is 13.8 Å². The van der Waals surface area contributed by atoms with Crippen LogP contribution < -0.4 is 5.73 Å². The number of primary amides is 1. The molecule has 1 aromatic carbocycles. The van der Waals surface area contributed by atoms with E-state index in [1.54, 1.807) is 0 Å². The number of nitrogens with two attached hydrogens (primary N) is 1. The maximum atomic E-state index is 11.5. The molecule has 0 saturated carbocycles. The highest BCUT2D eigenvalue weighted by atomic mass is 32.2. The summed E-state index contributed by atoms with van der Waals surface area (Å²) in [7, 11) is 0. The lowest BCUT2D eigenvalue weighted by atomic mass is 10.3. The Morgan fingerprint density at radius 3 is 2.28 bits per heavy atom. The van der Waals surface area contributed by atoms with Crippen LogP contribution >= 0.6 is 11.8 Å². The molecule has 98 valence electrons. The van der Waals surface area contributed by atoms with Crippen LogP contribution in [-0.2, 0) is 14.3 Å². The van der Waals surface area contributed by atoms with Gasteiger partial charge in [-0.2, -0.15) is 0 Å². The number of hydrogen-bond acceptors (Lipinski definition) is 4. The first-order chi connectivity index (χ1) is 8.58. The van der Waals surface area contributed by atoms with Crippen molar-refractivity contribution in [2.45, 2.75) is 42.5 Å². The molecule has 3 atom stereocenters. The van der Waals surface area contributed by atoms with Gasteiger partial charge in [0.1, 0.15) is 5.25 Å². The van der Waals surface area contributed by atoms with E-state index < -0.39 is 17.4 Å². The van der Waals surface area contributed by atoms with Crippen molar-refractivity contribution in [3.05, 3.63) is 30.3 Å². The van der Waals surface area contributed by atoms with Gasteiger partial charge in [-0.1, -0.05) is 18.2 Å². The third kappa shape index (κ3) is 3.04. The molecule has 1 heterocycles. The zero-order valence-electron chi connectivity index (χ0n) is 10.4. The van der Waals surface area contributed by atoms with Crippen molar-refractivity contribution in [2.75, 3.05) is 0 Å². The number of benzene rings is 1. The van der Waals surface area contributed by atoms with Crippen LogP contribution in [0.4, 0.5) is 0 Å². The number of carbonyl (C=O) groups excluding carboxylic acids is 1. The topological polar surface area (TPSA) is 61.5 Å². The Hall–Kier alpha value is -1.04. The predicted molar refractivity (Wildman–Crippen MR) is 70.2 cm³/mol. The Balaban J connectivity index is 2.08. The molecule has 2 rings (SSSR count). The Labute approximate surface area is 111 Å². The number of ether oxygens (including phenoxy) is 2. The summed E-state index contributed by atoms with van der Waals surface area (Å²) in [5, 5.41) is -0.528. The van der Waals surface area contributed by atoms with Crippen LogP contribution in [0.15, 0.2) is 35.2 Å². The Morgan fingerprint density at radius 1 is 1.22 bits per heavy atom. The highest BCUT2D eigenvalue weighted by Gasteiger charge is 2.38. The fraction of sp³-hybridized carbons (Fsp3) is 0.462. The van der Waals surface area contributed by atoms with Gasteiger partial charge in [0.2, 0.25) is 5.91 Å². The average Bonchev–Trinajstić information content (AvgIpc) is 2.67. The number of thioether (sulfide) groups is 1. The molecule has 0 aromatic heterocycles. The minimum atomic E-state index is -0.572. The van der Waals surface area contributed by atoms with Crippen LogP contribution in [0.3, 0.4) is 0 Å². The molecule has 1 aromatic rings. The van der Waals surface area contributed by atoms with Crippen molar-refractivity contribution in [3.8, 4) is 0 Å². The SMILES string of the molecule is C[C@H]1OC(C(Sc2ccccc2)C(N)=O)O[C@@H]1C. The summed E-state index contributed by atoms with van der Waals surface area (Å²) in [4.78, 5) is 12.5. The first kappa shape index (κ1) is 13.4. The summed E-state index contributed by atoms with van der Waals surface area (Å²) in [5.74, 6) is -0.421. The number of hydrogen-bond donors (Lipinski definition) is 1. The number of rotatable bonds is 4. The average molecular weight is 267 g/mol. The van der Waals surface area contributed by atoms with Crippen molar-refractivity contribution in [1.82, 2.24) is 0 Å². The molecule has 1 unspecified atom stereocenters. The standard InChI is InChI=1S/C13H17NO3S/c1-8-9(2)17-13(16-8)11(12(14)15)18-10-6-4-3-5-7-10/h3-9,11,13H,1-2H3,(H2,14,15)/t8-,9-,11?/m1/s1. The minimum Gasteiger partial charge on any atom is -0.369 e. The fourth-order valence-corrected chi connectivity index (χ4v) is 2.68. The molecule has 18 heavy (non-hydrogen) atoms. The Kier molecular flexibility index (Phi) is 4.27. The van der Waals surface area contributed by atoms with Gasteiger partial charge < -0.3 is 15.2 Å². The maximum absolute atomic E-state index is 11.5. The van der Waals surface area contributed by atoms with Crippen molar-refractivity contribution < 1.29 is 14.3 Å². The largest absolute Gasteiger partial charge is 0.369 e. The van der Waals surface area contributed by atoms with E-state index >= 15 is 0 Å². The van der Waals surface area contributed by atoms with Crippen molar-refractivity contribution in [1.29, 1.82) is 0 Å². The van der Waals surface area contributed by atoms with Gasteiger partial charge in [0, 0.05) is 4.90 Å². The highest BCUT2D eigenvalue weighted by Crippen LogP contribution is 2.31. The molecule has 1 saturated heterocycles. The summed E-state index contributed by atoms with van der Waals surface area (Å²) in [6, 6.07) is 9.63. The predicted octanol–water partition coefficient (Wildman–Crippen LogP) is 1.78. The van der Waals surface area contributed by atoms with Crippen molar-refractivity contribution >= 4 is 17.7 Å².